The van der Waals surface area contributed by atoms with Gasteiger partial charge in [0, 0.05) is 33.6 Å². The standard InChI is InChI=1S/C59H41NO/c1-40-55-18-7-8-20-58(55)61-59(40)51-17-10-16-49(38-51)44-23-21-42(22-24-44)43-27-31-52(32-28-43)60(54-35-36-57-50(39-54)26-25-46-13-5-6-19-56(46)57)53-33-29-45(30-34-53)48-15-9-14-47(37-48)41-11-3-2-4-12-41/h2-39H,1H3. The van der Waals surface area contributed by atoms with Crippen LogP contribution in [0.25, 0.3) is 88.3 Å². The minimum atomic E-state index is 0.920. The Labute approximate surface area is 356 Å². The first-order valence-electron chi connectivity index (χ1n) is 20.9. The topological polar surface area (TPSA) is 16.4 Å². The monoisotopic (exact) mass is 779 g/mol. The molecule has 0 spiro atoms. The fraction of sp³-hybridized carbons (Fsp3) is 0.0169. The molecule has 0 amide bonds. The van der Waals surface area contributed by atoms with E-state index in [-0.39, 0.29) is 0 Å². The summed E-state index contributed by atoms with van der Waals surface area (Å²) in [6.45, 7) is 2.14. The van der Waals surface area contributed by atoms with Gasteiger partial charge in [-0.15, -0.1) is 0 Å². The third-order valence-corrected chi connectivity index (χ3v) is 12.1. The third kappa shape index (κ3) is 6.84. The lowest BCUT2D eigenvalue weighted by Crippen LogP contribution is -2.09. The Bertz CT molecular complexity index is 3340. The first kappa shape index (κ1) is 36.2. The molecule has 0 N–H and O–H groups in total. The molecule has 0 saturated heterocycles. The van der Waals surface area contributed by atoms with E-state index in [1.165, 1.54) is 66.1 Å². The Kier molecular flexibility index (Phi) is 9.09. The summed E-state index contributed by atoms with van der Waals surface area (Å²) < 4.78 is 6.31. The van der Waals surface area contributed by atoms with Gasteiger partial charge >= 0.3 is 0 Å². The molecule has 61 heavy (non-hydrogen) atoms. The smallest absolute Gasteiger partial charge is 0.138 e. The second kappa shape index (κ2) is 15.3. The Morgan fingerprint density at radius 2 is 0.738 bits per heavy atom. The number of para-hydroxylation sites is 1. The zero-order chi connectivity index (χ0) is 40.7. The molecule has 0 fully saturated rings. The Balaban J connectivity index is 0.916. The van der Waals surface area contributed by atoms with Gasteiger partial charge in [-0.05, 0) is 128 Å². The molecule has 2 heteroatoms. The van der Waals surface area contributed by atoms with Crippen molar-refractivity contribution in [3.63, 3.8) is 0 Å². The summed E-state index contributed by atoms with van der Waals surface area (Å²) in [7, 11) is 0. The average molecular weight is 780 g/mol. The van der Waals surface area contributed by atoms with Gasteiger partial charge in [0.15, 0.2) is 0 Å². The second-order valence-electron chi connectivity index (χ2n) is 15.8. The lowest BCUT2D eigenvalue weighted by molar-refractivity contribution is 0.629. The Morgan fingerprint density at radius 3 is 1.38 bits per heavy atom. The predicted molar refractivity (Wildman–Crippen MR) is 258 cm³/mol. The number of hydrogen-bond acceptors (Lipinski definition) is 2. The van der Waals surface area contributed by atoms with Gasteiger partial charge in [-0.2, -0.15) is 0 Å². The fourth-order valence-corrected chi connectivity index (χ4v) is 8.85. The van der Waals surface area contributed by atoms with Crippen LogP contribution in [0.15, 0.2) is 235 Å². The minimum Gasteiger partial charge on any atom is -0.456 e. The molecule has 2 nitrogen and oxygen atoms in total. The van der Waals surface area contributed by atoms with Crippen molar-refractivity contribution in [1.29, 1.82) is 0 Å². The van der Waals surface area contributed by atoms with Gasteiger partial charge in [0.25, 0.3) is 0 Å². The van der Waals surface area contributed by atoms with Crippen molar-refractivity contribution in [2.75, 3.05) is 4.90 Å². The quantitative estimate of drug-likeness (QED) is 0.143. The number of rotatable bonds is 8. The van der Waals surface area contributed by atoms with Gasteiger partial charge in [-0.25, -0.2) is 0 Å². The molecular formula is C59H41NO. The van der Waals surface area contributed by atoms with Crippen LogP contribution >= 0.6 is 0 Å². The highest BCUT2D eigenvalue weighted by molar-refractivity contribution is 6.08. The zero-order valence-electron chi connectivity index (χ0n) is 33.8. The zero-order valence-corrected chi connectivity index (χ0v) is 33.8. The van der Waals surface area contributed by atoms with Crippen LogP contribution in [0.4, 0.5) is 17.1 Å². The van der Waals surface area contributed by atoms with E-state index in [1.54, 1.807) is 0 Å². The molecule has 0 atom stereocenters. The molecular weight excluding hydrogens is 739 g/mol. The van der Waals surface area contributed by atoms with Crippen LogP contribution in [0, 0.1) is 6.92 Å². The van der Waals surface area contributed by atoms with E-state index < -0.39 is 0 Å². The van der Waals surface area contributed by atoms with E-state index in [1.807, 2.05) is 12.1 Å². The van der Waals surface area contributed by atoms with Crippen LogP contribution in [-0.2, 0) is 0 Å². The summed E-state index contributed by atoms with van der Waals surface area (Å²) in [4.78, 5) is 2.36. The van der Waals surface area contributed by atoms with Crippen molar-refractivity contribution in [3.05, 3.63) is 236 Å². The number of aryl methyl sites for hydroxylation is 1. The maximum atomic E-state index is 6.31. The van der Waals surface area contributed by atoms with Crippen molar-refractivity contribution in [2.24, 2.45) is 0 Å². The number of furan rings is 1. The summed E-state index contributed by atoms with van der Waals surface area (Å²) in [5, 5.41) is 6.15. The Hall–Kier alpha value is -7.94. The van der Waals surface area contributed by atoms with E-state index in [9.17, 15) is 0 Å². The van der Waals surface area contributed by atoms with Crippen LogP contribution in [0.2, 0.25) is 0 Å². The molecule has 11 aromatic rings. The van der Waals surface area contributed by atoms with Gasteiger partial charge in [0.1, 0.15) is 11.3 Å². The third-order valence-electron chi connectivity index (χ3n) is 12.1. The van der Waals surface area contributed by atoms with Crippen molar-refractivity contribution in [1.82, 2.24) is 0 Å². The Morgan fingerprint density at radius 1 is 0.295 bits per heavy atom. The van der Waals surface area contributed by atoms with Gasteiger partial charge in [-0.1, -0.05) is 176 Å². The molecule has 0 aliphatic heterocycles. The summed E-state index contributed by atoms with van der Waals surface area (Å²) in [6.07, 6.45) is 0. The van der Waals surface area contributed by atoms with Crippen molar-refractivity contribution < 1.29 is 4.42 Å². The number of hydrogen-bond donors (Lipinski definition) is 0. The normalized spacial score (nSPS) is 11.4. The molecule has 11 rings (SSSR count). The SMILES string of the molecule is Cc1c(-c2cccc(-c3ccc(-c4ccc(N(c5ccc(-c6cccc(-c7ccccc7)c6)cc5)c5ccc6c(ccc7ccccc76)c5)cc4)cc3)c2)oc2ccccc12. The summed E-state index contributed by atoms with van der Waals surface area (Å²) in [6, 6.07) is 83.0. The first-order chi connectivity index (χ1) is 30.1. The highest BCUT2D eigenvalue weighted by Crippen LogP contribution is 2.40. The van der Waals surface area contributed by atoms with E-state index in [2.05, 4.69) is 230 Å². The van der Waals surface area contributed by atoms with Gasteiger partial charge < -0.3 is 9.32 Å². The van der Waals surface area contributed by atoms with Crippen LogP contribution in [0.5, 0.6) is 0 Å². The lowest BCUT2D eigenvalue weighted by atomic mass is 9.97. The molecule has 0 radical (unpaired) electrons. The molecule has 288 valence electrons. The number of benzene rings is 10. The highest BCUT2D eigenvalue weighted by Gasteiger charge is 2.16. The van der Waals surface area contributed by atoms with Crippen LogP contribution in [-0.4, -0.2) is 0 Å². The van der Waals surface area contributed by atoms with E-state index in [0.29, 0.717) is 0 Å². The minimum absolute atomic E-state index is 0.920. The first-order valence-corrected chi connectivity index (χ1v) is 20.9. The molecule has 0 aliphatic rings. The average Bonchev–Trinajstić information content (AvgIpc) is 3.68. The van der Waals surface area contributed by atoms with Crippen molar-refractivity contribution in [2.45, 2.75) is 6.92 Å². The molecule has 1 aromatic heterocycles. The van der Waals surface area contributed by atoms with Gasteiger partial charge in [0.05, 0.1) is 0 Å². The van der Waals surface area contributed by atoms with E-state index in [0.717, 1.165) is 44.9 Å². The molecule has 10 aromatic carbocycles. The van der Waals surface area contributed by atoms with Gasteiger partial charge in [-0.3, -0.25) is 0 Å². The molecule has 0 bridgehead atoms. The summed E-state index contributed by atoms with van der Waals surface area (Å²) >= 11 is 0. The highest BCUT2D eigenvalue weighted by atomic mass is 16.3. The summed E-state index contributed by atoms with van der Waals surface area (Å²) in [5.41, 5.74) is 16.0. The van der Waals surface area contributed by atoms with E-state index >= 15 is 0 Å². The summed E-state index contributed by atoms with van der Waals surface area (Å²) in [5.74, 6) is 0.926. The number of nitrogens with zero attached hydrogens (tertiary/aromatic N) is 1. The second-order valence-corrected chi connectivity index (χ2v) is 15.8. The van der Waals surface area contributed by atoms with E-state index in [4.69, 9.17) is 4.42 Å². The number of fused-ring (bicyclic) bond motifs is 4. The fourth-order valence-electron chi connectivity index (χ4n) is 8.85. The van der Waals surface area contributed by atoms with Crippen molar-refractivity contribution >= 4 is 49.6 Å². The largest absolute Gasteiger partial charge is 0.456 e. The molecule has 1 heterocycles. The van der Waals surface area contributed by atoms with Crippen molar-refractivity contribution in [3.8, 4) is 55.8 Å². The molecule has 0 aliphatic carbocycles. The number of anilines is 3. The van der Waals surface area contributed by atoms with Crippen LogP contribution in [0.1, 0.15) is 5.56 Å². The maximum Gasteiger partial charge on any atom is 0.138 e. The molecule has 0 unspecified atom stereocenters. The lowest BCUT2D eigenvalue weighted by Gasteiger charge is -2.26. The van der Waals surface area contributed by atoms with Crippen LogP contribution < -0.4 is 4.90 Å². The molecule has 0 saturated carbocycles. The van der Waals surface area contributed by atoms with Gasteiger partial charge in [0.2, 0.25) is 0 Å². The van der Waals surface area contributed by atoms with Crippen LogP contribution in [0.3, 0.4) is 0 Å². The predicted octanol–water partition coefficient (Wildman–Crippen LogP) is 16.9. The maximum absolute atomic E-state index is 6.31.